The van der Waals surface area contributed by atoms with E-state index in [1.165, 1.54) is 0 Å². The van der Waals surface area contributed by atoms with Crippen molar-refractivity contribution in [3.05, 3.63) is 59.7 Å². The minimum atomic E-state index is 0.0319. The number of hydrogen-bond acceptors (Lipinski definition) is 4. The molecule has 20 heavy (non-hydrogen) atoms. The molecule has 2 aromatic heterocycles. The van der Waals surface area contributed by atoms with Gasteiger partial charge in [-0.05, 0) is 37.6 Å². The molecule has 0 saturated carbocycles. The molecule has 0 bridgehead atoms. The van der Waals surface area contributed by atoms with Gasteiger partial charge in [0.15, 0.2) is 0 Å². The van der Waals surface area contributed by atoms with Gasteiger partial charge in [0.2, 0.25) is 0 Å². The fourth-order valence-corrected chi connectivity index (χ4v) is 1.91. The lowest BCUT2D eigenvalue weighted by Crippen LogP contribution is -2.19. The van der Waals surface area contributed by atoms with Crippen molar-refractivity contribution in [2.24, 2.45) is 0 Å². The fraction of sp³-hybridized carbons (Fsp3) is 0.375. The van der Waals surface area contributed by atoms with Crippen LogP contribution < -0.4 is 5.32 Å². The van der Waals surface area contributed by atoms with Crippen LogP contribution in [0.4, 0.5) is 0 Å². The normalized spacial score (nSPS) is 13.9. The van der Waals surface area contributed by atoms with Gasteiger partial charge in [0.25, 0.3) is 0 Å². The molecule has 1 N–H and O–H groups in total. The molecule has 0 unspecified atom stereocenters. The summed E-state index contributed by atoms with van der Waals surface area (Å²) >= 11 is 0. The van der Waals surface area contributed by atoms with E-state index in [1.54, 1.807) is 7.11 Å². The molecular weight excluding hydrogens is 250 g/mol. The molecule has 0 aliphatic rings. The van der Waals surface area contributed by atoms with Crippen LogP contribution in [0.1, 0.15) is 42.9 Å². The van der Waals surface area contributed by atoms with E-state index in [1.807, 2.05) is 43.6 Å². The lowest BCUT2D eigenvalue weighted by Gasteiger charge is -2.14. The Morgan fingerprint density at radius 2 is 1.95 bits per heavy atom. The molecule has 0 spiro atoms. The maximum absolute atomic E-state index is 5.25. The third-order valence-electron chi connectivity index (χ3n) is 3.36. The first kappa shape index (κ1) is 14.6. The third-order valence-corrected chi connectivity index (χ3v) is 3.36. The Labute approximate surface area is 120 Å². The fourth-order valence-electron chi connectivity index (χ4n) is 1.91. The number of ether oxygens (including phenoxy) is 1. The molecule has 0 aliphatic carbocycles. The molecular formula is C16H21N3O. The predicted molar refractivity (Wildman–Crippen MR) is 79.2 cm³/mol. The Kier molecular flexibility index (Phi) is 5.21. The molecule has 0 amide bonds. The van der Waals surface area contributed by atoms with Crippen LogP contribution in [0, 0.1) is 0 Å². The minimum absolute atomic E-state index is 0.0319. The van der Waals surface area contributed by atoms with Crippen molar-refractivity contribution in [3.8, 4) is 0 Å². The second kappa shape index (κ2) is 7.12. The Morgan fingerprint density at radius 3 is 2.55 bits per heavy atom. The van der Waals surface area contributed by atoms with Crippen molar-refractivity contribution in [1.82, 2.24) is 15.3 Å². The topological polar surface area (TPSA) is 47.0 Å². The average Bonchev–Trinajstić information content (AvgIpc) is 2.53. The summed E-state index contributed by atoms with van der Waals surface area (Å²) < 4.78 is 5.25. The van der Waals surface area contributed by atoms with E-state index >= 15 is 0 Å². The number of hydrogen-bond donors (Lipinski definition) is 1. The molecule has 0 aromatic carbocycles. The summed E-state index contributed by atoms with van der Waals surface area (Å²) in [4.78, 5) is 8.76. The van der Waals surface area contributed by atoms with Crippen LogP contribution in [0.15, 0.2) is 42.7 Å². The summed E-state index contributed by atoms with van der Waals surface area (Å²) in [6, 6.07) is 10.3. The number of aromatic nitrogens is 2. The summed E-state index contributed by atoms with van der Waals surface area (Å²) in [5.74, 6) is 0. The smallest absolute Gasteiger partial charge is 0.0962 e. The monoisotopic (exact) mass is 271 g/mol. The van der Waals surface area contributed by atoms with Gasteiger partial charge in [0.1, 0.15) is 0 Å². The second-order valence-corrected chi connectivity index (χ2v) is 4.83. The van der Waals surface area contributed by atoms with E-state index in [-0.39, 0.29) is 12.1 Å². The van der Waals surface area contributed by atoms with Gasteiger partial charge in [0, 0.05) is 32.1 Å². The standard InChI is InChI=1S/C16H21N3O/c1-12(15-6-4-5-9-17-15)18-10-14-7-8-16(19-11-14)13(2)20-3/h4-9,11-13,18H,10H2,1-3H3/t12-,13+/m0/s1. The molecule has 4 heteroatoms. The lowest BCUT2D eigenvalue weighted by atomic mass is 10.2. The minimum Gasteiger partial charge on any atom is -0.375 e. The van der Waals surface area contributed by atoms with Crippen molar-refractivity contribution < 1.29 is 4.74 Å². The van der Waals surface area contributed by atoms with Crippen molar-refractivity contribution in [2.75, 3.05) is 7.11 Å². The van der Waals surface area contributed by atoms with Gasteiger partial charge in [-0.25, -0.2) is 0 Å². The van der Waals surface area contributed by atoms with Crippen LogP contribution in [-0.4, -0.2) is 17.1 Å². The van der Waals surface area contributed by atoms with E-state index in [0.717, 1.165) is 23.5 Å². The second-order valence-electron chi connectivity index (χ2n) is 4.83. The summed E-state index contributed by atoms with van der Waals surface area (Å²) in [7, 11) is 1.69. The number of methoxy groups -OCH3 is 1. The average molecular weight is 271 g/mol. The molecule has 4 nitrogen and oxygen atoms in total. The summed E-state index contributed by atoms with van der Waals surface area (Å²) in [5, 5.41) is 3.44. The zero-order valence-corrected chi connectivity index (χ0v) is 12.2. The molecule has 2 rings (SSSR count). The van der Waals surface area contributed by atoms with E-state index in [2.05, 4.69) is 28.3 Å². The van der Waals surface area contributed by atoms with Gasteiger partial charge >= 0.3 is 0 Å². The van der Waals surface area contributed by atoms with Crippen molar-refractivity contribution >= 4 is 0 Å². The molecule has 106 valence electrons. The third kappa shape index (κ3) is 3.85. The summed E-state index contributed by atoms with van der Waals surface area (Å²) in [6.45, 7) is 4.87. The number of rotatable bonds is 6. The van der Waals surface area contributed by atoms with Crippen LogP contribution in [0.5, 0.6) is 0 Å². The van der Waals surface area contributed by atoms with Gasteiger partial charge in [-0.15, -0.1) is 0 Å². The van der Waals surface area contributed by atoms with E-state index in [9.17, 15) is 0 Å². The highest BCUT2D eigenvalue weighted by molar-refractivity contribution is 5.16. The van der Waals surface area contributed by atoms with Gasteiger partial charge < -0.3 is 10.1 Å². The summed E-state index contributed by atoms with van der Waals surface area (Å²) in [6.07, 6.45) is 3.74. The molecule has 0 saturated heterocycles. The Balaban J connectivity index is 1.91. The highest BCUT2D eigenvalue weighted by Crippen LogP contribution is 2.14. The van der Waals surface area contributed by atoms with Crippen molar-refractivity contribution in [2.45, 2.75) is 32.5 Å². The zero-order valence-electron chi connectivity index (χ0n) is 12.2. The number of nitrogens with one attached hydrogen (secondary N) is 1. The van der Waals surface area contributed by atoms with E-state index < -0.39 is 0 Å². The van der Waals surface area contributed by atoms with Crippen molar-refractivity contribution in [3.63, 3.8) is 0 Å². The Bertz CT molecular complexity index is 513. The largest absolute Gasteiger partial charge is 0.375 e. The van der Waals surface area contributed by atoms with Crippen LogP contribution in [-0.2, 0) is 11.3 Å². The highest BCUT2D eigenvalue weighted by Gasteiger charge is 2.07. The Morgan fingerprint density at radius 1 is 1.10 bits per heavy atom. The van der Waals surface area contributed by atoms with Crippen molar-refractivity contribution in [1.29, 1.82) is 0 Å². The zero-order chi connectivity index (χ0) is 14.4. The number of nitrogens with zero attached hydrogens (tertiary/aromatic N) is 2. The van der Waals surface area contributed by atoms with Gasteiger partial charge in [-0.3, -0.25) is 9.97 Å². The highest BCUT2D eigenvalue weighted by atomic mass is 16.5. The molecule has 2 aromatic rings. The predicted octanol–water partition coefficient (Wildman–Crippen LogP) is 3.03. The van der Waals surface area contributed by atoms with Gasteiger partial charge in [-0.1, -0.05) is 12.1 Å². The van der Waals surface area contributed by atoms with Crippen LogP contribution in [0.2, 0.25) is 0 Å². The first-order valence-electron chi connectivity index (χ1n) is 6.82. The van der Waals surface area contributed by atoms with Gasteiger partial charge in [0.05, 0.1) is 17.5 Å². The van der Waals surface area contributed by atoms with Gasteiger partial charge in [-0.2, -0.15) is 0 Å². The number of pyridine rings is 2. The Hall–Kier alpha value is -1.78. The molecule has 2 atom stereocenters. The molecule has 0 radical (unpaired) electrons. The van der Waals surface area contributed by atoms with Crippen LogP contribution in [0.25, 0.3) is 0 Å². The first-order chi connectivity index (χ1) is 9.70. The van der Waals surface area contributed by atoms with E-state index in [4.69, 9.17) is 4.74 Å². The lowest BCUT2D eigenvalue weighted by molar-refractivity contribution is 0.116. The molecule has 0 fully saturated rings. The first-order valence-corrected chi connectivity index (χ1v) is 6.82. The maximum atomic E-state index is 5.25. The SMILES string of the molecule is CO[C@H](C)c1ccc(CN[C@@H](C)c2ccccn2)cn1. The van der Waals surface area contributed by atoms with E-state index in [0.29, 0.717) is 0 Å². The quantitative estimate of drug-likeness (QED) is 0.877. The summed E-state index contributed by atoms with van der Waals surface area (Å²) in [5.41, 5.74) is 3.15. The molecule has 2 heterocycles. The van der Waals surface area contributed by atoms with Crippen LogP contribution >= 0.6 is 0 Å². The van der Waals surface area contributed by atoms with Crippen LogP contribution in [0.3, 0.4) is 0 Å². The molecule has 0 aliphatic heterocycles. The maximum Gasteiger partial charge on any atom is 0.0962 e.